The first-order valence-electron chi connectivity index (χ1n) is 5.68. The Hall–Kier alpha value is -2.08. The molecule has 0 aliphatic rings. The molecule has 7 heteroatoms. The number of hydrogen-bond donors (Lipinski definition) is 2. The van der Waals surface area contributed by atoms with Crippen molar-refractivity contribution in [3.05, 3.63) is 41.6 Å². The molecule has 0 aromatic carbocycles. The number of hydrogen-bond acceptors (Lipinski definition) is 4. The Labute approximate surface area is 115 Å². The van der Waals surface area contributed by atoms with Crippen molar-refractivity contribution in [3.8, 4) is 0 Å². The molecule has 0 amide bonds. The van der Waals surface area contributed by atoms with Gasteiger partial charge < -0.3 is 15.0 Å². The van der Waals surface area contributed by atoms with Crippen LogP contribution in [-0.4, -0.2) is 31.7 Å². The molecule has 0 aliphatic carbocycles. The summed E-state index contributed by atoms with van der Waals surface area (Å²) in [5.74, 6) is -0.769. The number of carboxylic acids is 1. The Morgan fingerprint density at radius 1 is 1.58 bits per heavy atom. The van der Waals surface area contributed by atoms with Crippen LogP contribution in [0.1, 0.15) is 17.3 Å². The minimum atomic E-state index is -1.04. The summed E-state index contributed by atoms with van der Waals surface area (Å²) in [5.41, 5.74) is 0.0990. The summed E-state index contributed by atoms with van der Waals surface area (Å²) in [5, 5.41) is 12.4. The van der Waals surface area contributed by atoms with Gasteiger partial charge in [0.05, 0.1) is 6.33 Å². The molecule has 0 saturated heterocycles. The van der Waals surface area contributed by atoms with E-state index < -0.39 is 5.97 Å². The maximum Gasteiger partial charge on any atom is 0.339 e. The topological polar surface area (TPSA) is 80.0 Å². The lowest BCUT2D eigenvalue weighted by molar-refractivity contribution is 0.0697. The van der Waals surface area contributed by atoms with Crippen molar-refractivity contribution >= 4 is 23.4 Å². The number of rotatable bonds is 5. The lowest BCUT2D eigenvalue weighted by atomic mass is 10.2. The largest absolute Gasteiger partial charge is 0.478 e. The zero-order chi connectivity index (χ0) is 13.8. The maximum absolute atomic E-state index is 11.1. The summed E-state index contributed by atoms with van der Waals surface area (Å²) in [7, 11) is 0. The standard InChI is InChI=1S/C12H13ClN4O2/c1-8(6-17-5-4-14-7-17)15-11-9(12(18)19)2-3-10(13)16-11/h2-5,7-8H,6H2,1H3,(H,15,16)(H,18,19). The highest BCUT2D eigenvalue weighted by Gasteiger charge is 2.14. The number of nitrogens with one attached hydrogen (secondary N) is 1. The monoisotopic (exact) mass is 280 g/mol. The smallest absolute Gasteiger partial charge is 0.339 e. The molecule has 0 bridgehead atoms. The van der Waals surface area contributed by atoms with Crippen LogP contribution in [0.15, 0.2) is 30.9 Å². The Balaban J connectivity index is 2.13. The number of aromatic carboxylic acids is 1. The summed E-state index contributed by atoms with van der Waals surface area (Å²) in [6.07, 6.45) is 5.22. The molecule has 1 atom stereocenters. The predicted molar refractivity (Wildman–Crippen MR) is 71.5 cm³/mol. The van der Waals surface area contributed by atoms with E-state index in [1.165, 1.54) is 12.1 Å². The van der Waals surface area contributed by atoms with Crippen molar-refractivity contribution in [3.63, 3.8) is 0 Å². The average molecular weight is 281 g/mol. The molecule has 0 saturated carbocycles. The lowest BCUT2D eigenvalue weighted by Crippen LogP contribution is -2.23. The van der Waals surface area contributed by atoms with Gasteiger partial charge in [-0.05, 0) is 19.1 Å². The lowest BCUT2D eigenvalue weighted by Gasteiger charge is -2.16. The number of aromatic nitrogens is 3. The van der Waals surface area contributed by atoms with Gasteiger partial charge in [0, 0.05) is 25.0 Å². The van der Waals surface area contributed by atoms with Gasteiger partial charge in [0.15, 0.2) is 0 Å². The molecule has 1 unspecified atom stereocenters. The van der Waals surface area contributed by atoms with Gasteiger partial charge in [0.1, 0.15) is 16.5 Å². The first-order valence-corrected chi connectivity index (χ1v) is 6.06. The van der Waals surface area contributed by atoms with E-state index in [2.05, 4.69) is 15.3 Å². The number of anilines is 1. The molecule has 0 radical (unpaired) electrons. The second-order valence-corrected chi connectivity index (χ2v) is 4.53. The van der Waals surface area contributed by atoms with Crippen LogP contribution < -0.4 is 5.32 Å². The number of nitrogens with zero attached hydrogens (tertiary/aromatic N) is 3. The highest BCUT2D eigenvalue weighted by Crippen LogP contribution is 2.17. The Morgan fingerprint density at radius 2 is 2.37 bits per heavy atom. The van der Waals surface area contributed by atoms with Gasteiger partial charge >= 0.3 is 5.97 Å². The van der Waals surface area contributed by atoms with E-state index in [1.54, 1.807) is 12.5 Å². The average Bonchev–Trinajstić information content (AvgIpc) is 2.81. The van der Waals surface area contributed by atoms with Crippen LogP contribution in [-0.2, 0) is 6.54 Å². The molecule has 2 N–H and O–H groups in total. The van der Waals surface area contributed by atoms with Crippen LogP contribution in [0, 0.1) is 0 Å². The van der Waals surface area contributed by atoms with Gasteiger partial charge in [-0.2, -0.15) is 0 Å². The normalized spacial score (nSPS) is 12.1. The second kappa shape index (κ2) is 5.71. The van der Waals surface area contributed by atoms with Crippen molar-refractivity contribution in [1.82, 2.24) is 14.5 Å². The Morgan fingerprint density at radius 3 is 3.00 bits per heavy atom. The first kappa shape index (κ1) is 13.4. The number of carbonyl (C=O) groups is 1. The fourth-order valence-electron chi connectivity index (χ4n) is 1.71. The van der Waals surface area contributed by atoms with Crippen LogP contribution >= 0.6 is 11.6 Å². The number of halogens is 1. The van der Waals surface area contributed by atoms with E-state index >= 15 is 0 Å². The minimum absolute atomic E-state index is 0.0155. The van der Waals surface area contributed by atoms with E-state index in [0.717, 1.165) is 0 Å². The van der Waals surface area contributed by atoms with Crippen molar-refractivity contribution in [2.75, 3.05) is 5.32 Å². The molecule has 0 aliphatic heterocycles. The van der Waals surface area contributed by atoms with E-state index in [4.69, 9.17) is 16.7 Å². The summed E-state index contributed by atoms with van der Waals surface area (Å²) in [4.78, 5) is 19.1. The fourth-order valence-corrected chi connectivity index (χ4v) is 1.86. The SMILES string of the molecule is CC(Cn1ccnc1)Nc1nc(Cl)ccc1C(=O)O. The third-order valence-corrected chi connectivity index (χ3v) is 2.73. The van der Waals surface area contributed by atoms with Gasteiger partial charge in [-0.1, -0.05) is 11.6 Å². The zero-order valence-electron chi connectivity index (χ0n) is 10.2. The van der Waals surface area contributed by atoms with Gasteiger partial charge in [0.2, 0.25) is 0 Å². The van der Waals surface area contributed by atoms with Crippen LogP contribution in [0.25, 0.3) is 0 Å². The van der Waals surface area contributed by atoms with Crippen LogP contribution in [0.2, 0.25) is 5.15 Å². The molecule has 100 valence electrons. The van der Waals surface area contributed by atoms with Gasteiger partial charge in [-0.25, -0.2) is 14.8 Å². The van der Waals surface area contributed by atoms with E-state index in [1.807, 2.05) is 17.7 Å². The first-order chi connectivity index (χ1) is 9.06. The van der Waals surface area contributed by atoms with Crippen molar-refractivity contribution < 1.29 is 9.90 Å². The van der Waals surface area contributed by atoms with Crippen molar-refractivity contribution in [2.24, 2.45) is 0 Å². The van der Waals surface area contributed by atoms with Gasteiger partial charge in [-0.3, -0.25) is 0 Å². The minimum Gasteiger partial charge on any atom is -0.478 e. The highest BCUT2D eigenvalue weighted by atomic mass is 35.5. The van der Waals surface area contributed by atoms with E-state index in [-0.39, 0.29) is 22.6 Å². The van der Waals surface area contributed by atoms with Crippen LogP contribution in [0.5, 0.6) is 0 Å². The molecular formula is C12H13ClN4O2. The number of pyridine rings is 1. The van der Waals surface area contributed by atoms with Gasteiger partial charge in [0.25, 0.3) is 0 Å². The third kappa shape index (κ3) is 3.45. The molecule has 6 nitrogen and oxygen atoms in total. The molecule has 0 spiro atoms. The molecule has 2 rings (SSSR count). The summed E-state index contributed by atoms with van der Waals surface area (Å²) in [6.45, 7) is 2.57. The summed E-state index contributed by atoms with van der Waals surface area (Å²) < 4.78 is 1.89. The van der Waals surface area contributed by atoms with Crippen LogP contribution in [0.4, 0.5) is 5.82 Å². The highest BCUT2D eigenvalue weighted by molar-refractivity contribution is 6.29. The Bertz CT molecular complexity index is 571. The predicted octanol–water partition coefficient (Wildman–Crippen LogP) is 2.13. The number of imidazole rings is 1. The van der Waals surface area contributed by atoms with Crippen LogP contribution in [0.3, 0.4) is 0 Å². The molecule has 2 aromatic heterocycles. The zero-order valence-corrected chi connectivity index (χ0v) is 11.0. The maximum atomic E-state index is 11.1. The molecule has 2 heterocycles. The van der Waals surface area contributed by atoms with E-state index in [9.17, 15) is 4.79 Å². The summed E-state index contributed by atoms with van der Waals surface area (Å²) >= 11 is 5.79. The molecule has 2 aromatic rings. The van der Waals surface area contributed by atoms with Gasteiger partial charge in [-0.15, -0.1) is 0 Å². The second-order valence-electron chi connectivity index (χ2n) is 4.14. The molecular weight excluding hydrogens is 268 g/mol. The Kier molecular flexibility index (Phi) is 4.01. The van der Waals surface area contributed by atoms with E-state index in [0.29, 0.717) is 6.54 Å². The van der Waals surface area contributed by atoms with Crippen molar-refractivity contribution in [2.45, 2.75) is 19.5 Å². The molecule has 0 fully saturated rings. The quantitative estimate of drug-likeness (QED) is 0.820. The van der Waals surface area contributed by atoms with Crippen molar-refractivity contribution in [1.29, 1.82) is 0 Å². The summed E-state index contributed by atoms with van der Waals surface area (Å²) in [6, 6.07) is 2.87. The molecule has 19 heavy (non-hydrogen) atoms. The third-order valence-electron chi connectivity index (χ3n) is 2.52. The number of carboxylic acid groups (broad SMARTS) is 1. The fraction of sp³-hybridized carbons (Fsp3) is 0.250.